The predicted molar refractivity (Wildman–Crippen MR) is 83.0 cm³/mol. The van der Waals surface area contributed by atoms with E-state index in [-0.39, 0.29) is 5.91 Å². The highest BCUT2D eigenvalue weighted by Gasteiger charge is 2.20. The second kappa shape index (κ2) is 7.71. The Morgan fingerprint density at radius 3 is 3.10 bits per heavy atom. The van der Waals surface area contributed by atoms with Gasteiger partial charge in [-0.15, -0.1) is 11.3 Å². The number of hydrogen-bond acceptors (Lipinski definition) is 5. The molecule has 0 saturated carbocycles. The molecule has 2 heterocycles. The van der Waals surface area contributed by atoms with Gasteiger partial charge < -0.3 is 10.6 Å². The van der Waals surface area contributed by atoms with Crippen molar-refractivity contribution in [1.29, 1.82) is 0 Å². The van der Waals surface area contributed by atoms with Crippen molar-refractivity contribution in [3.05, 3.63) is 11.6 Å². The summed E-state index contributed by atoms with van der Waals surface area (Å²) >= 11 is 1.45. The molecule has 1 aliphatic heterocycles. The van der Waals surface area contributed by atoms with Gasteiger partial charge in [-0.3, -0.25) is 9.69 Å². The van der Waals surface area contributed by atoms with Crippen LogP contribution in [0.1, 0.15) is 26.7 Å². The first kappa shape index (κ1) is 15.4. The molecular formula is C14H24N4OS. The lowest BCUT2D eigenvalue weighted by Gasteiger charge is -2.26. The maximum absolute atomic E-state index is 12.1. The van der Waals surface area contributed by atoms with Crippen molar-refractivity contribution in [2.75, 3.05) is 31.5 Å². The number of hydrogen-bond donors (Lipinski definition) is 2. The zero-order valence-electron chi connectivity index (χ0n) is 12.3. The summed E-state index contributed by atoms with van der Waals surface area (Å²) in [7, 11) is 0. The molecule has 0 aromatic carbocycles. The van der Waals surface area contributed by atoms with Crippen molar-refractivity contribution in [3.8, 4) is 0 Å². The molecule has 1 aromatic heterocycles. The maximum atomic E-state index is 12.1. The lowest BCUT2D eigenvalue weighted by atomic mass is 10.1. The number of nitrogens with one attached hydrogen (secondary N) is 2. The average Bonchev–Trinajstić information content (AvgIpc) is 3.01. The topological polar surface area (TPSA) is 57.3 Å². The molecule has 112 valence electrons. The number of amides is 1. The Labute approximate surface area is 124 Å². The molecule has 1 amide bonds. The Balaban J connectivity index is 1.83. The summed E-state index contributed by atoms with van der Waals surface area (Å²) in [6.07, 6.45) is 4.16. The van der Waals surface area contributed by atoms with Crippen molar-refractivity contribution in [3.63, 3.8) is 0 Å². The minimum Gasteiger partial charge on any atom is -0.313 e. The summed E-state index contributed by atoms with van der Waals surface area (Å²) in [6, 6.07) is 0.529. The van der Waals surface area contributed by atoms with Crippen molar-refractivity contribution in [1.82, 2.24) is 15.2 Å². The van der Waals surface area contributed by atoms with Gasteiger partial charge in [-0.2, -0.15) is 0 Å². The van der Waals surface area contributed by atoms with Crippen molar-refractivity contribution < 1.29 is 4.79 Å². The molecule has 0 radical (unpaired) electrons. The third kappa shape index (κ3) is 5.19. The largest absolute Gasteiger partial charge is 0.313 e. The van der Waals surface area contributed by atoms with Gasteiger partial charge in [0.1, 0.15) is 0 Å². The Hall–Kier alpha value is -0.980. The smallest absolute Gasteiger partial charge is 0.240 e. The van der Waals surface area contributed by atoms with E-state index in [1.165, 1.54) is 24.2 Å². The Morgan fingerprint density at radius 2 is 2.50 bits per heavy atom. The van der Waals surface area contributed by atoms with Crippen LogP contribution < -0.4 is 10.6 Å². The second-order valence-corrected chi connectivity index (χ2v) is 6.66. The normalized spacial score (nSPS) is 18.9. The number of nitrogens with zero attached hydrogens (tertiary/aromatic N) is 2. The van der Waals surface area contributed by atoms with Gasteiger partial charge in [0, 0.05) is 30.7 Å². The number of thiazole rings is 1. The van der Waals surface area contributed by atoms with Gasteiger partial charge in [0.15, 0.2) is 5.13 Å². The molecule has 5 nitrogen and oxygen atoms in total. The molecule has 0 spiro atoms. The fourth-order valence-electron chi connectivity index (χ4n) is 2.59. The van der Waals surface area contributed by atoms with Crippen LogP contribution in [0.15, 0.2) is 11.6 Å². The summed E-state index contributed by atoms with van der Waals surface area (Å²) in [4.78, 5) is 18.4. The Kier molecular flexibility index (Phi) is 5.94. The van der Waals surface area contributed by atoms with Crippen molar-refractivity contribution >= 4 is 22.4 Å². The molecule has 1 aliphatic rings. The molecule has 1 saturated heterocycles. The van der Waals surface area contributed by atoms with Crippen LogP contribution in [0, 0.1) is 5.92 Å². The molecule has 1 atom stereocenters. The summed E-state index contributed by atoms with van der Waals surface area (Å²) < 4.78 is 0. The predicted octanol–water partition coefficient (Wildman–Crippen LogP) is 1.79. The monoisotopic (exact) mass is 296 g/mol. The van der Waals surface area contributed by atoms with Crippen LogP contribution in [0.2, 0.25) is 0 Å². The number of carbonyl (C=O) groups excluding carboxylic acids is 1. The fraction of sp³-hybridized carbons (Fsp3) is 0.714. The van der Waals surface area contributed by atoms with Gasteiger partial charge >= 0.3 is 0 Å². The van der Waals surface area contributed by atoms with Crippen LogP contribution in [0.5, 0.6) is 0 Å². The lowest BCUT2D eigenvalue weighted by molar-refractivity contribution is -0.117. The Bertz CT molecular complexity index is 401. The van der Waals surface area contributed by atoms with E-state index in [2.05, 4.69) is 34.4 Å². The number of aromatic nitrogens is 1. The highest BCUT2D eigenvalue weighted by atomic mass is 32.1. The molecule has 1 aromatic rings. The summed E-state index contributed by atoms with van der Waals surface area (Å²) in [5.41, 5.74) is 0. The number of rotatable bonds is 7. The minimum atomic E-state index is 0.0265. The first-order valence-corrected chi connectivity index (χ1v) is 8.16. The van der Waals surface area contributed by atoms with Gasteiger partial charge in [-0.05, 0) is 25.3 Å². The third-order valence-corrected chi connectivity index (χ3v) is 4.00. The average molecular weight is 296 g/mol. The lowest BCUT2D eigenvalue weighted by Crippen LogP contribution is -2.43. The van der Waals surface area contributed by atoms with Crippen LogP contribution in [-0.2, 0) is 4.79 Å². The first-order valence-electron chi connectivity index (χ1n) is 7.28. The first-order chi connectivity index (χ1) is 9.63. The van der Waals surface area contributed by atoms with E-state index < -0.39 is 0 Å². The van der Waals surface area contributed by atoms with E-state index in [9.17, 15) is 4.79 Å². The van der Waals surface area contributed by atoms with E-state index >= 15 is 0 Å². The van der Waals surface area contributed by atoms with Crippen LogP contribution in [-0.4, -0.2) is 48.0 Å². The maximum Gasteiger partial charge on any atom is 0.240 e. The van der Waals surface area contributed by atoms with E-state index in [1.807, 2.05) is 5.38 Å². The highest BCUT2D eigenvalue weighted by Crippen LogP contribution is 2.11. The molecule has 1 unspecified atom stereocenters. The Morgan fingerprint density at radius 1 is 1.65 bits per heavy atom. The third-order valence-electron chi connectivity index (χ3n) is 3.31. The molecule has 6 heteroatoms. The number of anilines is 1. The zero-order chi connectivity index (χ0) is 14.4. The second-order valence-electron chi connectivity index (χ2n) is 5.77. The van der Waals surface area contributed by atoms with E-state index in [1.54, 1.807) is 6.20 Å². The van der Waals surface area contributed by atoms with E-state index in [0.29, 0.717) is 23.6 Å². The van der Waals surface area contributed by atoms with Crippen LogP contribution in [0.3, 0.4) is 0 Å². The van der Waals surface area contributed by atoms with Gasteiger partial charge in [-0.1, -0.05) is 13.8 Å². The summed E-state index contributed by atoms with van der Waals surface area (Å²) in [5.74, 6) is 0.586. The van der Waals surface area contributed by atoms with Crippen LogP contribution in [0.25, 0.3) is 0 Å². The van der Waals surface area contributed by atoms with Crippen molar-refractivity contribution in [2.24, 2.45) is 5.92 Å². The quantitative estimate of drug-likeness (QED) is 0.805. The highest BCUT2D eigenvalue weighted by molar-refractivity contribution is 7.13. The summed E-state index contributed by atoms with van der Waals surface area (Å²) in [5, 5.41) is 8.90. The van der Waals surface area contributed by atoms with Gasteiger partial charge in [0.2, 0.25) is 5.91 Å². The van der Waals surface area contributed by atoms with Crippen LogP contribution >= 0.6 is 11.3 Å². The minimum absolute atomic E-state index is 0.0265. The zero-order valence-corrected chi connectivity index (χ0v) is 13.1. The van der Waals surface area contributed by atoms with Gasteiger partial charge in [0.05, 0.1) is 6.54 Å². The molecule has 0 bridgehead atoms. The van der Waals surface area contributed by atoms with E-state index in [4.69, 9.17) is 0 Å². The van der Waals surface area contributed by atoms with Crippen molar-refractivity contribution in [2.45, 2.75) is 32.7 Å². The van der Waals surface area contributed by atoms with Gasteiger partial charge in [-0.25, -0.2) is 4.98 Å². The van der Waals surface area contributed by atoms with E-state index in [0.717, 1.165) is 19.6 Å². The molecule has 2 N–H and O–H groups in total. The standard InChI is InChI=1S/C14H24N4OS/c1-11(2)8-18(9-12-4-3-5-15-12)10-13(19)17-14-16-6-7-20-14/h6-7,11-12,15H,3-5,8-10H2,1-2H3,(H,16,17,19). The molecule has 0 aliphatic carbocycles. The SMILES string of the molecule is CC(C)CN(CC(=O)Nc1nccs1)CC1CCCN1. The fourth-order valence-corrected chi connectivity index (χ4v) is 3.14. The molecular weight excluding hydrogens is 272 g/mol. The van der Waals surface area contributed by atoms with Gasteiger partial charge in [0.25, 0.3) is 0 Å². The molecule has 20 heavy (non-hydrogen) atoms. The number of carbonyl (C=O) groups is 1. The summed E-state index contributed by atoms with van der Waals surface area (Å²) in [6.45, 7) is 7.82. The molecule has 1 fully saturated rings. The van der Waals surface area contributed by atoms with Crippen LogP contribution in [0.4, 0.5) is 5.13 Å². The molecule has 2 rings (SSSR count).